The lowest BCUT2D eigenvalue weighted by molar-refractivity contribution is -0.150. The second-order valence-corrected chi connectivity index (χ2v) is 5.66. The predicted octanol–water partition coefficient (Wildman–Crippen LogP) is 1.27. The SMILES string of the molecule is CCOC(=O)CN(Cc1ccccc1)C(=O)CC(C)(O)/C=C/CO. The summed E-state index contributed by atoms with van der Waals surface area (Å²) in [5, 5.41) is 19.0. The molecule has 0 aromatic heterocycles. The highest BCUT2D eigenvalue weighted by Crippen LogP contribution is 2.15. The molecule has 1 aromatic rings. The van der Waals surface area contributed by atoms with Crippen LogP contribution in [0, 0.1) is 0 Å². The van der Waals surface area contributed by atoms with E-state index in [1.54, 1.807) is 6.92 Å². The fourth-order valence-corrected chi connectivity index (χ4v) is 2.18. The summed E-state index contributed by atoms with van der Waals surface area (Å²) in [5.41, 5.74) is -0.524. The molecule has 0 heterocycles. The lowest BCUT2D eigenvalue weighted by Crippen LogP contribution is -2.40. The maximum Gasteiger partial charge on any atom is 0.325 e. The molecule has 6 heteroatoms. The van der Waals surface area contributed by atoms with Gasteiger partial charge in [0.25, 0.3) is 0 Å². The maximum atomic E-state index is 12.5. The number of hydrogen-bond acceptors (Lipinski definition) is 5. The van der Waals surface area contributed by atoms with Crippen LogP contribution < -0.4 is 0 Å². The second-order valence-electron chi connectivity index (χ2n) is 5.66. The Morgan fingerprint density at radius 1 is 1.29 bits per heavy atom. The molecule has 0 aliphatic heterocycles. The molecular formula is C18H25NO5. The Morgan fingerprint density at radius 2 is 1.96 bits per heavy atom. The molecule has 1 unspecified atom stereocenters. The van der Waals surface area contributed by atoms with Gasteiger partial charge in [-0.05, 0) is 19.4 Å². The van der Waals surface area contributed by atoms with Crippen LogP contribution >= 0.6 is 0 Å². The summed E-state index contributed by atoms with van der Waals surface area (Å²) in [4.78, 5) is 25.6. The van der Waals surface area contributed by atoms with Crippen molar-refractivity contribution in [2.24, 2.45) is 0 Å². The Kier molecular flexibility index (Phi) is 8.15. The number of ether oxygens (including phenoxy) is 1. The molecule has 0 saturated carbocycles. The first-order valence-corrected chi connectivity index (χ1v) is 7.86. The van der Waals surface area contributed by atoms with Crippen molar-refractivity contribution in [2.45, 2.75) is 32.4 Å². The molecule has 1 atom stereocenters. The van der Waals surface area contributed by atoms with Gasteiger partial charge in [-0.3, -0.25) is 9.59 Å². The molecule has 0 radical (unpaired) electrons. The molecule has 0 aliphatic rings. The van der Waals surface area contributed by atoms with Crippen LogP contribution in [0.5, 0.6) is 0 Å². The standard InChI is InChI=1S/C18H25NO5/c1-3-24-17(22)14-19(13-15-8-5-4-6-9-15)16(21)12-18(2,23)10-7-11-20/h4-10,20,23H,3,11-14H2,1-2H3/b10-7+. The van der Waals surface area contributed by atoms with Crippen LogP contribution in [0.4, 0.5) is 0 Å². The van der Waals surface area contributed by atoms with Gasteiger partial charge >= 0.3 is 5.97 Å². The van der Waals surface area contributed by atoms with Crippen molar-refractivity contribution >= 4 is 11.9 Å². The normalized spacial score (nSPS) is 13.5. The van der Waals surface area contributed by atoms with Gasteiger partial charge in [-0.1, -0.05) is 42.5 Å². The van der Waals surface area contributed by atoms with E-state index in [0.717, 1.165) is 5.56 Å². The van der Waals surface area contributed by atoms with Crippen molar-refractivity contribution < 1.29 is 24.5 Å². The Morgan fingerprint density at radius 3 is 2.54 bits per heavy atom. The van der Waals surface area contributed by atoms with Crippen molar-refractivity contribution in [3.8, 4) is 0 Å². The number of benzene rings is 1. The van der Waals surface area contributed by atoms with Crippen molar-refractivity contribution in [1.29, 1.82) is 0 Å². The number of carbonyl (C=O) groups is 2. The third-order valence-corrected chi connectivity index (χ3v) is 3.29. The van der Waals surface area contributed by atoms with Crippen LogP contribution in [0.1, 0.15) is 25.8 Å². The third-order valence-electron chi connectivity index (χ3n) is 3.29. The number of rotatable bonds is 9. The van der Waals surface area contributed by atoms with Crippen LogP contribution in [-0.4, -0.2) is 52.3 Å². The number of aliphatic hydroxyl groups is 2. The summed E-state index contributed by atoms with van der Waals surface area (Å²) >= 11 is 0. The summed E-state index contributed by atoms with van der Waals surface area (Å²) in [5.74, 6) is -0.869. The van der Waals surface area contributed by atoms with Crippen LogP contribution in [-0.2, 0) is 20.9 Å². The largest absolute Gasteiger partial charge is 0.465 e. The minimum Gasteiger partial charge on any atom is -0.465 e. The van der Waals surface area contributed by atoms with E-state index in [2.05, 4.69) is 0 Å². The quantitative estimate of drug-likeness (QED) is 0.524. The first-order valence-electron chi connectivity index (χ1n) is 7.86. The molecule has 6 nitrogen and oxygen atoms in total. The van der Waals surface area contributed by atoms with Gasteiger partial charge in [-0.2, -0.15) is 0 Å². The molecule has 24 heavy (non-hydrogen) atoms. The van der Waals surface area contributed by atoms with Crippen LogP contribution in [0.3, 0.4) is 0 Å². The minimum absolute atomic E-state index is 0.179. The first-order chi connectivity index (χ1) is 11.4. The summed E-state index contributed by atoms with van der Waals surface area (Å²) in [6, 6.07) is 9.28. The Bertz CT molecular complexity index is 554. The van der Waals surface area contributed by atoms with Crippen LogP contribution in [0.25, 0.3) is 0 Å². The third kappa shape index (κ3) is 7.39. The Hall–Kier alpha value is -2.18. The number of nitrogens with zero attached hydrogens (tertiary/aromatic N) is 1. The highest BCUT2D eigenvalue weighted by atomic mass is 16.5. The fourth-order valence-electron chi connectivity index (χ4n) is 2.18. The highest BCUT2D eigenvalue weighted by Gasteiger charge is 2.26. The van der Waals surface area contributed by atoms with Gasteiger partial charge in [0.1, 0.15) is 6.54 Å². The number of amides is 1. The maximum absolute atomic E-state index is 12.5. The van der Waals surface area contributed by atoms with Gasteiger partial charge in [0, 0.05) is 6.54 Å². The molecule has 0 spiro atoms. The Labute approximate surface area is 142 Å². The fraction of sp³-hybridized carbons (Fsp3) is 0.444. The summed E-state index contributed by atoms with van der Waals surface area (Å²) in [6.45, 7) is 3.26. The highest BCUT2D eigenvalue weighted by molar-refractivity contribution is 5.82. The zero-order chi connectivity index (χ0) is 18.0. The van der Waals surface area contributed by atoms with Gasteiger partial charge < -0.3 is 19.8 Å². The molecule has 0 aliphatic carbocycles. The molecule has 1 aromatic carbocycles. The molecule has 2 N–H and O–H groups in total. The summed E-state index contributed by atoms with van der Waals surface area (Å²) in [7, 11) is 0. The molecular weight excluding hydrogens is 310 g/mol. The molecule has 0 bridgehead atoms. The monoisotopic (exact) mass is 335 g/mol. The van der Waals surface area contributed by atoms with Crippen LogP contribution in [0.15, 0.2) is 42.5 Å². The van der Waals surface area contributed by atoms with Crippen molar-refractivity contribution in [2.75, 3.05) is 19.8 Å². The van der Waals surface area contributed by atoms with Gasteiger partial charge in [-0.25, -0.2) is 0 Å². The zero-order valence-electron chi connectivity index (χ0n) is 14.1. The Balaban J connectivity index is 2.84. The van der Waals surface area contributed by atoms with E-state index in [1.165, 1.54) is 24.0 Å². The topological polar surface area (TPSA) is 87.1 Å². The lowest BCUT2D eigenvalue weighted by Gasteiger charge is -2.26. The number of hydrogen-bond donors (Lipinski definition) is 2. The number of esters is 1. The number of aliphatic hydroxyl groups excluding tert-OH is 1. The van der Waals surface area contributed by atoms with E-state index in [0.29, 0.717) is 0 Å². The first kappa shape index (κ1) is 19.9. The molecule has 1 amide bonds. The molecule has 0 saturated heterocycles. The molecule has 132 valence electrons. The van der Waals surface area contributed by atoms with Crippen molar-refractivity contribution in [3.05, 3.63) is 48.0 Å². The number of carbonyl (C=O) groups excluding carboxylic acids is 2. The van der Waals surface area contributed by atoms with Gasteiger partial charge in [0.15, 0.2) is 0 Å². The van der Waals surface area contributed by atoms with Crippen molar-refractivity contribution in [3.63, 3.8) is 0 Å². The zero-order valence-corrected chi connectivity index (χ0v) is 14.1. The average Bonchev–Trinajstić information content (AvgIpc) is 2.53. The van der Waals surface area contributed by atoms with E-state index < -0.39 is 11.6 Å². The lowest BCUT2D eigenvalue weighted by atomic mass is 10.0. The van der Waals surface area contributed by atoms with Crippen molar-refractivity contribution in [1.82, 2.24) is 4.90 Å². The average molecular weight is 335 g/mol. The minimum atomic E-state index is -1.40. The van der Waals surface area contributed by atoms with Gasteiger partial charge in [0.05, 0.1) is 25.2 Å². The van der Waals surface area contributed by atoms with E-state index in [9.17, 15) is 14.7 Å². The molecule has 0 fully saturated rings. The second kappa shape index (κ2) is 9.85. The predicted molar refractivity (Wildman–Crippen MR) is 90.0 cm³/mol. The van der Waals surface area contributed by atoms with Crippen LogP contribution in [0.2, 0.25) is 0 Å². The summed E-state index contributed by atoms with van der Waals surface area (Å²) in [6.07, 6.45) is 2.55. The van der Waals surface area contributed by atoms with Gasteiger partial charge in [-0.15, -0.1) is 0 Å². The van der Waals surface area contributed by atoms with E-state index in [4.69, 9.17) is 9.84 Å². The van der Waals surface area contributed by atoms with E-state index in [1.807, 2.05) is 30.3 Å². The molecule has 1 rings (SSSR count). The van der Waals surface area contributed by atoms with E-state index in [-0.39, 0.29) is 38.6 Å². The summed E-state index contributed by atoms with van der Waals surface area (Å²) < 4.78 is 4.91. The smallest absolute Gasteiger partial charge is 0.325 e. The van der Waals surface area contributed by atoms with E-state index >= 15 is 0 Å². The van der Waals surface area contributed by atoms with Gasteiger partial charge in [0.2, 0.25) is 5.91 Å².